The first kappa shape index (κ1) is 7.92. The number of anilines is 1. The standard InChI is InChI=1S/C9H12NO/c1-3-11-9-6-4-8(10-2)5-7-9/h4-7,10H,2-3H2,1H3. The van der Waals surface area contributed by atoms with E-state index in [0.29, 0.717) is 6.61 Å². The molecule has 1 aromatic carbocycles. The molecule has 2 nitrogen and oxygen atoms in total. The summed E-state index contributed by atoms with van der Waals surface area (Å²) in [6.07, 6.45) is 0. The van der Waals surface area contributed by atoms with Gasteiger partial charge in [-0.3, -0.25) is 0 Å². The van der Waals surface area contributed by atoms with Crippen LogP contribution in [-0.4, -0.2) is 6.61 Å². The van der Waals surface area contributed by atoms with Crippen LogP contribution in [0.25, 0.3) is 0 Å². The van der Waals surface area contributed by atoms with E-state index in [1.54, 1.807) is 0 Å². The molecule has 59 valence electrons. The van der Waals surface area contributed by atoms with Gasteiger partial charge in [-0.2, -0.15) is 0 Å². The van der Waals surface area contributed by atoms with Gasteiger partial charge in [-0.05, 0) is 31.2 Å². The number of nitrogens with one attached hydrogen (secondary N) is 1. The van der Waals surface area contributed by atoms with Crippen molar-refractivity contribution in [1.82, 2.24) is 0 Å². The van der Waals surface area contributed by atoms with Crippen LogP contribution in [-0.2, 0) is 0 Å². The molecule has 0 spiro atoms. The molecular formula is C9H12NO. The molecule has 0 saturated heterocycles. The molecule has 0 aliphatic rings. The van der Waals surface area contributed by atoms with Gasteiger partial charge in [0.1, 0.15) is 5.75 Å². The molecule has 0 aromatic heterocycles. The van der Waals surface area contributed by atoms with E-state index in [2.05, 4.69) is 12.4 Å². The molecule has 0 unspecified atom stereocenters. The van der Waals surface area contributed by atoms with E-state index < -0.39 is 0 Å². The van der Waals surface area contributed by atoms with Crippen LogP contribution in [0.2, 0.25) is 0 Å². The molecule has 0 aliphatic carbocycles. The summed E-state index contributed by atoms with van der Waals surface area (Å²) in [5.74, 6) is 0.895. The first-order valence-corrected chi connectivity index (χ1v) is 3.62. The van der Waals surface area contributed by atoms with Crippen LogP contribution in [0.4, 0.5) is 5.69 Å². The Morgan fingerprint density at radius 1 is 1.36 bits per heavy atom. The minimum absolute atomic E-state index is 0.706. The Bertz CT molecular complexity index is 205. The van der Waals surface area contributed by atoms with Crippen molar-refractivity contribution < 1.29 is 4.74 Å². The Kier molecular flexibility index (Phi) is 2.78. The fourth-order valence-electron chi connectivity index (χ4n) is 0.836. The Morgan fingerprint density at radius 2 is 2.00 bits per heavy atom. The van der Waals surface area contributed by atoms with Gasteiger partial charge >= 0.3 is 0 Å². The highest BCUT2D eigenvalue weighted by Gasteiger charge is 1.90. The van der Waals surface area contributed by atoms with Crippen molar-refractivity contribution in [3.8, 4) is 5.75 Å². The second-order valence-corrected chi connectivity index (χ2v) is 2.13. The average molecular weight is 150 g/mol. The van der Waals surface area contributed by atoms with Crippen LogP contribution >= 0.6 is 0 Å². The summed E-state index contributed by atoms with van der Waals surface area (Å²) in [5.41, 5.74) is 0.994. The lowest BCUT2D eigenvalue weighted by Gasteiger charge is -2.03. The summed E-state index contributed by atoms with van der Waals surface area (Å²) in [5, 5.41) is 2.79. The van der Waals surface area contributed by atoms with Crippen molar-refractivity contribution in [3.63, 3.8) is 0 Å². The number of ether oxygens (including phenoxy) is 1. The number of hydrogen-bond acceptors (Lipinski definition) is 2. The second kappa shape index (κ2) is 3.86. The average Bonchev–Trinajstić information content (AvgIpc) is 2.07. The molecule has 0 atom stereocenters. The van der Waals surface area contributed by atoms with Crippen molar-refractivity contribution in [3.05, 3.63) is 31.3 Å². The van der Waals surface area contributed by atoms with Gasteiger partial charge in [0.05, 0.1) is 6.61 Å². The van der Waals surface area contributed by atoms with Gasteiger partial charge in [-0.25, -0.2) is 0 Å². The zero-order chi connectivity index (χ0) is 8.10. The molecule has 0 aliphatic heterocycles. The number of benzene rings is 1. The second-order valence-electron chi connectivity index (χ2n) is 2.13. The zero-order valence-corrected chi connectivity index (χ0v) is 6.63. The Morgan fingerprint density at radius 3 is 2.45 bits per heavy atom. The molecule has 11 heavy (non-hydrogen) atoms. The molecule has 2 heteroatoms. The Labute approximate surface area is 67.2 Å². The molecule has 0 heterocycles. The third-order valence-electron chi connectivity index (χ3n) is 1.37. The van der Waals surface area contributed by atoms with E-state index >= 15 is 0 Å². The summed E-state index contributed by atoms with van der Waals surface area (Å²) in [4.78, 5) is 0. The van der Waals surface area contributed by atoms with Crippen LogP contribution in [0, 0.1) is 7.05 Å². The van der Waals surface area contributed by atoms with Crippen LogP contribution in [0.15, 0.2) is 24.3 Å². The highest BCUT2D eigenvalue weighted by molar-refractivity contribution is 5.46. The predicted octanol–water partition coefficient (Wildman–Crippen LogP) is 2.29. The quantitative estimate of drug-likeness (QED) is 0.713. The molecule has 1 rings (SSSR count). The van der Waals surface area contributed by atoms with Gasteiger partial charge in [0.2, 0.25) is 0 Å². The van der Waals surface area contributed by atoms with Crippen molar-refractivity contribution in [2.75, 3.05) is 11.9 Å². The lowest BCUT2D eigenvalue weighted by atomic mass is 10.3. The van der Waals surface area contributed by atoms with Crippen molar-refractivity contribution in [2.24, 2.45) is 0 Å². The maximum atomic E-state index is 5.26. The third-order valence-corrected chi connectivity index (χ3v) is 1.37. The fraction of sp³-hybridized carbons (Fsp3) is 0.222. The molecule has 0 fully saturated rings. The maximum Gasteiger partial charge on any atom is 0.119 e. The van der Waals surface area contributed by atoms with Gasteiger partial charge < -0.3 is 10.1 Å². The van der Waals surface area contributed by atoms with Gasteiger partial charge in [0, 0.05) is 12.7 Å². The Balaban J connectivity index is 2.66. The molecule has 0 saturated carbocycles. The van der Waals surface area contributed by atoms with Gasteiger partial charge in [-0.1, -0.05) is 0 Å². The highest BCUT2D eigenvalue weighted by atomic mass is 16.5. The first-order valence-electron chi connectivity index (χ1n) is 3.62. The summed E-state index contributed by atoms with van der Waals surface area (Å²) in [6.45, 7) is 2.67. The van der Waals surface area contributed by atoms with Crippen LogP contribution < -0.4 is 10.1 Å². The van der Waals surface area contributed by atoms with Crippen molar-refractivity contribution in [2.45, 2.75) is 6.92 Å². The predicted molar refractivity (Wildman–Crippen MR) is 46.6 cm³/mol. The Hall–Kier alpha value is -1.18. The molecular weight excluding hydrogens is 138 g/mol. The smallest absolute Gasteiger partial charge is 0.119 e. The normalized spacial score (nSPS) is 9.27. The summed E-state index contributed by atoms with van der Waals surface area (Å²) in [7, 11) is 3.54. The SMILES string of the molecule is [CH2]Nc1ccc(OCC)cc1. The van der Waals surface area contributed by atoms with Gasteiger partial charge in [0.25, 0.3) is 0 Å². The van der Waals surface area contributed by atoms with Gasteiger partial charge in [-0.15, -0.1) is 0 Å². The molecule has 0 amide bonds. The minimum Gasteiger partial charge on any atom is -0.494 e. The molecule has 1 radical (unpaired) electrons. The summed E-state index contributed by atoms with van der Waals surface area (Å²) in [6, 6.07) is 7.68. The lowest BCUT2D eigenvalue weighted by molar-refractivity contribution is 0.340. The van der Waals surface area contributed by atoms with Crippen molar-refractivity contribution >= 4 is 5.69 Å². The van der Waals surface area contributed by atoms with Crippen LogP contribution in [0.1, 0.15) is 6.92 Å². The van der Waals surface area contributed by atoms with E-state index in [9.17, 15) is 0 Å². The molecule has 0 bridgehead atoms. The van der Waals surface area contributed by atoms with E-state index in [4.69, 9.17) is 4.74 Å². The number of rotatable bonds is 3. The van der Waals surface area contributed by atoms with E-state index in [1.165, 1.54) is 0 Å². The summed E-state index contributed by atoms with van der Waals surface area (Å²) < 4.78 is 5.26. The van der Waals surface area contributed by atoms with Crippen LogP contribution in [0.5, 0.6) is 5.75 Å². The van der Waals surface area contributed by atoms with Crippen LogP contribution in [0.3, 0.4) is 0 Å². The minimum atomic E-state index is 0.706. The fourth-order valence-corrected chi connectivity index (χ4v) is 0.836. The van der Waals surface area contributed by atoms with E-state index in [-0.39, 0.29) is 0 Å². The molecule has 1 N–H and O–H groups in total. The van der Waals surface area contributed by atoms with E-state index in [1.807, 2.05) is 31.2 Å². The topological polar surface area (TPSA) is 21.3 Å². The monoisotopic (exact) mass is 150 g/mol. The van der Waals surface area contributed by atoms with Crippen molar-refractivity contribution in [1.29, 1.82) is 0 Å². The highest BCUT2D eigenvalue weighted by Crippen LogP contribution is 2.14. The zero-order valence-electron chi connectivity index (χ0n) is 6.63. The molecule has 1 aromatic rings. The number of hydrogen-bond donors (Lipinski definition) is 1. The summed E-state index contributed by atoms with van der Waals surface area (Å²) >= 11 is 0. The third kappa shape index (κ3) is 2.15. The van der Waals surface area contributed by atoms with E-state index in [0.717, 1.165) is 11.4 Å². The lowest BCUT2D eigenvalue weighted by Crippen LogP contribution is -1.91. The maximum absolute atomic E-state index is 5.26. The first-order chi connectivity index (χ1) is 5.36. The largest absolute Gasteiger partial charge is 0.494 e. The van der Waals surface area contributed by atoms with Gasteiger partial charge in [0.15, 0.2) is 0 Å².